The van der Waals surface area contributed by atoms with Gasteiger partial charge >= 0.3 is 0 Å². The molecule has 1 N–H and O–H groups in total. The molecule has 0 aliphatic rings. The van der Waals surface area contributed by atoms with E-state index in [0.29, 0.717) is 31.3 Å². The van der Waals surface area contributed by atoms with Crippen molar-refractivity contribution < 1.29 is 9.53 Å². The van der Waals surface area contributed by atoms with Crippen LogP contribution in [0.25, 0.3) is 5.69 Å². The Morgan fingerprint density at radius 2 is 1.79 bits per heavy atom. The number of benzene rings is 2. The molecule has 28 heavy (non-hydrogen) atoms. The van der Waals surface area contributed by atoms with Crippen LogP contribution in [0.3, 0.4) is 0 Å². The molecule has 3 rings (SSSR count). The zero-order chi connectivity index (χ0) is 19.9. The van der Waals surface area contributed by atoms with Crippen LogP contribution in [0.4, 0.5) is 0 Å². The van der Waals surface area contributed by atoms with E-state index in [2.05, 4.69) is 9.88 Å². The van der Waals surface area contributed by atoms with Gasteiger partial charge < -0.3 is 14.6 Å². The van der Waals surface area contributed by atoms with E-state index in [0.717, 1.165) is 28.2 Å². The smallest absolute Gasteiger partial charge is 0.178 e. The number of ether oxygens (including phenoxy) is 1. The van der Waals surface area contributed by atoms with Gasteiger partial charge in [-0.3, -0.25) is 4.79 Å². The number of aromatic nitrogens is 1. The Morgan fingerprint density at radius 1 is 1.07 bits per heavy atom. The molecule has 0 saturated heterocycles. The van der Waals surface area contributed by atoms with Crippen LogP contribution in [0.1, 0.15) is 27.3 Å². The number of carbonyl (C=O) groups excluding carboxylic acids is 1. The van der Waals surface area contributed by atoms with Crippen molar-refractivity contribution in [2.75, 3.05) is 19.7 Å². The molecule has 0 aliphatic carbocycles. The summed E-state index contributed by atoms with van der Waals surface area (Å²) in [6, 6.07) is 19.6. The molecular weight excluding hydrogens is 372 g/mol. The lowest BCUT2D eigenvalue weighted by atomic mass is 10.1. The van der Waals surface area contributed by atoms with Gasteiger partial charge in [0.2, 0.25) is 0 Å². The number of aryl methyl sites for hydroxylation is 1. The molecule has 0 amide bonds. The average molecular weight is 397 g/mol. The molecule has 0 atom stereocenters. The zero-order valence-corrected chi connectivity index (χ0v) is 17.0. The van der Waals surface area contributed by atoms with Crippen molar-refractivity contribution in [3.8, 4) is 5.69 Å². The number of hydrogen-bond donors (Lipinski definition) is 1. The molecule has 1 aromatic heterocycles. The maximum atomic E-state index is 12.6. The fraction of sp³-hybridized carbons (Fsp3) is 0.261. The summed E-state index contributed by atoms with van der Waals surface area (Å²) in [6.45, 7) is 6.04. The van der Waals surface area contributed by atoms with Crippen LogP contribution in [0.5, 0.6) is 0 Å². The number of nitrogens with zero attached hydrogens (tertiary/aromatic N) is 1. The first-order chi connectivity index (χ1) is 13.6. The number of rotatable bonds is 9. The predicted octanol–water partition coefficient (Wildman–Crippen LogP) is 4.74. The van der Waals surface area contributed by atoms with Crippen molar-refractivity contribution in [2.24, 2.45) is 0 Å². The SMILES string of the molecule is Cc1cc(C(=O)CNCCOCc2ccccc2)c(C)n1-c1ccc(Cl)cc1. The summed E-state index contributed by atoms with van der Waals surface area (Å²) in [7, 11) is 0. The number of hydrogen-bond acceptors (Lipinski definition) is 3. The van der Waals surface area contributed by atoms with E-state index in [1.165, 1.54) is 0 Å². The van der Waals surface area contributed by atoms with Crippen molar-refractivity contribution in [1.29, 1.82) is 0 Å². The largest absolute Gasteiger partial charge is 0.375 e. The monoisotopic (exact) mass is 396 g/mol. The Balaban J connectivity index is 1.51. The van der Waals surface area contributed by atoms with Crippen molar-refractivity contribution in [3.05, 3.63) is 88.2 Å². The second-order valence-corrected chi connectivity index (χ2v) is 7.17. The molecule has 0 bridgehead atoms. The minimum Gasteiger partial charge on any atom is -0.375 e. The maximum absolute atomic E-state index is 12.6. The number of carbonyl (C=O) groups is 1. The molecule has 0 unspecified atom stereocenters. The van der Waals surface area contributed by atoms with E-state index in [9.17, 15) is 4.79 Å². The van der Waals surface area contributed by atoms with Gasteiger partial charge in [-0.2, -0.15) is 0 Å². The lowest BCUT2D eigenvalue weighted by Crippen LogP contribution is -2.26. The molecule has 2 aromatic carbocycles. The molecule has 5 heteroatoms. The van der Waals surface area contributed by atoms with Crippen molar-refractivity contribution in [2.45, 2.75) is 20.5 Å². The first-order valence-corrected chi connectivity index (χ1v) is 9.74. The molecule has 0 aliphatic heterocycles. The Bertz CT molecular complexity index is 918. The average Bonchev–Trinajstić information content (AvgIpc) is 3.00. The van der Waals surface area contributed by atoms with Crippen LogP contribution >= 0.6 is 11.6 Å². The number of halogens is 1. The van der Waals surface area contributed by atoms with Gasteiger partial charge in [-0.15, -0.1) is 0 Å². The van der Waals surface area contributed by atoms with E-state index in [1.54, 1.807) is 0 Å². The molecule has 3 aromatic rings. The number of nitrogens with one attached hydrogen (secondary N) is 1. The summed E-state index contributed by atoms with van der Waals surface area (Å²) in [6.07, 6.45) is 0. The fourth-order valence-corrected chi connectivity index (χ4v) is 3.36. The summed E-state index contributed by atoms with van der Waals surface area (Å²) in [5.74, 6) is 0.0800. The highest BCUT2D eigenvalue weighted by Crippen LogP contribution is 2.22. The van der Waals surface area contributed by atoms with Crippen molar-refractivity contribution in [3.63, 3.8) is 0 Å². The topological polar surface area (TPSA) is 43.3 Å². The fourth-order valence-electron chi connectivity index (χ4n) is 3.24. The van der Waals surface area contributed by atoms with Crippen LogP contribution < -0.4 is 5.32 Å². The van der Waals surface area contributed by atoms with Gasteiger partial charge in [0.1, 0.15) is 0 Å². The molecule has 0 radical (unpaired) electrons. The van der Waals surface area contributed by atoms with Gasteiger partial charge in [0, 0.05) is 34.2 Å². The maximum Gasteiger partial charge on any atom is 0.178 e. The highest BCUT2D eigenvalue weighted by molar-refractivity contribution is 6.30. The van der Waals surface area contributed by atoms with Gasteiger partial charge in [-0.1, -0.05) is 41.9 Å². The molecule has 146 valence electrons. The molecule has 0 saturated carbocycles. The minimum absolute atomic E-state index is 0.0800. The second-order valence-electron chi connectivity index (χ2n) is 6.73. The van der Waals surface area contributed by atoms with Crippen LogP contribution in [0.2, 0.25) is 5.02 Å². The van der Waals surface area contributed by atoms with E-state index in [-0.39, 0.29) is 5.78 Å². The van der Waals surface area contributed by atoms with Crippen LogP contribution in [0, 0.1) is 13.8 Å². The van der Waals surface area contributed by atoms with Gasteiger partial charge in [0.15, 0.2) is 5.78 Å². The molecular formula is C23H25ClN2O2. The van der Waals surface area contributed by atoms with Crippen molar-refractivity contribution in [1.82, 2.24) is 9.88 Å². The van der Waals surface area contributed by atoms with Crippen LogP contribution in [0.15, 0.2) is 60.7 Å². The van der Waals surface area contributed by atoms with E-state index >= 15 is 0 Å². The highest BCUT2D eigenvalue weighted by atomic mass is 35.5. The third-order valence-corrected chi connectivity index (χ3v) is 4.89. The van der Waals surface area contributed by atoms with Crippen LogP contribution in [-0.4, -0.2) is 30.0 Å². The van der Waals surface area contributed by atoms with Gasteiger partial charge in [-0.05, 0) is 49.7 Å². The molecule has 4 nitrogen and oxygen atoms in total. The molecule has 1 heterocycles. The highest BCUT2D eigenvalue weighted by Gasteiger charge is 2.16. The van der Waals surface area contributed by atoms with Crippen molar-refractivity contribution >= 4 is 17.4 Å². The first kappa shape index (κ1) is 20.3. The standard InChI is InChI=1S/C23H25ClN2O2/c1-17-14-22(18(2)26(17)21-10-8-20(24)9-11-21)23(27)15-25-12-13-28-16-19-6-4-3-5-7-19/h3-11,14,25H,12-13,15-16H2,1-2H3. The van der Waals surface area contributed by atoms with Gasteiger partial charge in [-0.25, -0.2) is 0 Å². The first-order valence-electron chi connectivity index (χ1n) is 9.36. The Hall–Kier alpha value is -2.40. The Kier molecular flexibility index (Phi) is 7.04. The lowest BCUT2D eigenvalue weighted by Gasteiger charge is -2.10. The second kappa shape index (κ2) is 9.69. The van der Waals surface area contributed by atoms with Gasteiger partial charge in [0.05, 0.1) is 19.8 Å². The third-order valence-electron chi connectivity index (χ3n) is 4.64. The minimum atomic E-state index is 0.0800. The van der Waals surface area contributed by atoms with E-state index < -0.39 is 0 Å². The van der Waals surface area contributed by atoms with E-state index in [1.807, 2.05) is 74.5 Å². The van der Waals surface area contributed by atoms with Gasteiger partial charge in [0.25, 0.3) is 0 Å². The quantitative estimate of drug-likeness (QED) is 0.419. The number of ketones is 1. The summed E-state index contributed by atoms with van der Waals surface area (Å²) in [4.78, 5) is 12.6. The van der Waals surface area contributed by atoms with E-state index in [4.69, 9.17) is 16.3 Å². The summed E-state index contributed by atoms with van der Waals surface area (Å²) < 4.78 is 7.71. The predicted molar refractivity (Wildman–Crippen MR) is 114 cm³/mol. The summed E-state index contributed by atoms with van der Waals surface area (Å²) in [5, 5.41) is 3.87. The molecule has 0 spiro atoms. The molecule has 0 fully saturated rings. The zero-order valence-electron chi connectivity index (χ0n) is 16.2. The Labute approximate surface area is 171 Å². The Morgan fingerprint density at radius 3 is 2.50 bits per heavy atom. The normalized spacial score (nSPS) is 11.0. The van der Waals surface area contributed by atoms with Crippen LogP contribution in [-0.2, 0) is 11.3 Å². The lowest BCUT2D eigenvalue weighted by molar-refractivity contribution is 0.0975. The summed E-state index contributed by atoms with van der Waals surface area (Å²) in [5.41, 5.74) is 4.85. The third kappa shape index (κ3) is 5.10. The summed E-state index contributed by atoms with van der Waals surface area (Å²) >= 11 is 5.98. The number of Topliss-reactive ketones (excluding diaryl/α,β-unsaturated/α-hetero) is 1.